The van der Waals surface area contributed by atoms with Gasteiger partial charge in [-0.25, -0.2) is 17.5 Å². The lowest BCUT2D eigenvalue weighted by Crippen LogP contribution is -2.30. The maximum atomic E-state index is 12.3. The van der Waals surface area contributed by atoms with E-state index in [2.05, 4.69) is 5.32 Å². The average molecular weight is 390 g/mol. The van der Waals surface area contributed by atoms with Crippen LogP contribution >= 0.6 is 0 Å². The van der Waals surface area contributed by atoms with E-state index < -0.39 is 28.0 Å². The van der Waals surface area contributed by atoms with Crippen LogP contribution in [0.3, 0.4) is 0 Å². The van der Waals surface area contributed by atoms with Crippen molar-refractivity contribution >= 4 is 27.6 Å². The molecule has 1 N–H and O–H groups in total. The number of benzene rings is 2. The minimum atomic E-state index is -3.68. The fraction of sp³-hybridized carbons (Fsp3) is 0.263. The number of carbonyl (C=O) groups is 2. The Morgan fingerprint density at radius 1 is 1.07 bits per heavy atom. The van der Waals surface area contributed by atoms with Crippen molar-refractivity contribution in [2.75, 3.05) is 19.4 Å². The van der Waals surface area contributed by atoms with E-state index >= 15 is 0 Å². The number of sulfonamides is 1. The summed E-state index contributed by atoms with van der Waals surface area (Å²) < 4.78 is 30.6. The van der Waals surface area contributed by atoms with E-state index in [9.17, 15) is 18.0 Å². The van der Waals surface area contributed by atoms with E-state index in [1.54, 1.807) is 18.2 Å². The zero-order chi connectivity index (χ0) is 20.2. The molecular weight excluding hydrogens is 368 g/mol. The molecule has 0 saturated carbocycles. The summed E-state index contributed by atoms with van der Waals surface area (Å²) in [4.78, 5) is 24.5. The first-order valence-electron chi connectivity index (χ1n) is 8.22. The fourth-order valence-electron chi connectivity index (χ4n) is 2.24. The van der Waals surface area contributed by atoms with Gasteiger partial charge in [-0.05, 0) is 49.7 Å². The lowest BCUT2D eigenvalue weighted by Gasteiger charge is -2.15. The summed E-state index contributed by atoms with van der Waals surface area (Å²) in [6.45, 7) is 3.34. The van der Waals surface area contributed by atoms with Crippen molar-refractivity contribution in [1.82, 2.24) is 4.31 Å². The van der Waals surface area contributed by atoms with Crippen LogP contribution in [0.1, 0.15) is 22.8 Å². The maximum absolute atomic E-state index is 12.3. The molecule has 0 aromatic heterocycles. The summed E-state index contributed by atoms with van der Waals surface area (Å²) in [5.74, 6) is -1.26. The van der Waals surface area contributed by atoms with Crippen molar-refractivity contribution in [3.63, 3.8) is 0 Å². The Labute approximate surface area is 159 Å². The molecule has 1 amide bonds. The summed E-state index contributed by atoms with van der Waals surface area (Å²) >= 11 is 0. The van der Waals surface area contributed by atoms with E-state index in [4.69, 9.17) is 4.74 Å². The Balaban J connectivity index is 2.09. The summed E-state index contributed by atoms with van der Waals surface area (Å²) in [6.07, 6.45) is -1.05. The Morgan fingerprint density at radius 2 is 1.74 bits per heavy atom. The van der Waals surface area contributed by atoms with Crippen LogP contribution in [0.4, 0.5) is 5.69 Å². The second-order valence-corrected chi connectivity index (χ2v) is 8.37. The smallest absolute Gasteiger partial charge is 0.338 e. The molecule has 0 heterocycles. The molecule has 1 atom stereocenters. The van der Waals surface area contributed by atoms with Gasteiger partial charge in [0.1, 0.15) is 0 Å². The van der Waals surface area contributed by atoms with Crippen LogP contribution in [0.15, 0.2) is 53.4 Å². The normalized spacial score (nSPS) is 12.5. The van der Waals surface area contributed by atoms with E-state index in [-0.39, 0.29) is 10.5 Å². The number of rotatable bonds is 6. The molecule has 0 aliphatic rings. The van der Waals surface area contributed by atoms with Crippen LogP contribution in [-0.2, 0) is 19.6 Å². The Kier molecular flexibility index (Phi) is 6.35. The highest BCUT2D eigenvalue weighted by Gasteiger charge is 2.22. The van der Waals surface area contributed by atoms with Gasteiger partial charge in [-0.1, -0.05) is 18.2 Å². The van der Waals surface area contributed by atoms with E-state index in [0.29, 0.717) is 5.69 Å². The van der Waals surface area contributed by atoms with Gasteiger partial charge in [-0.3, -0.25) is 4.79 Å². The lowest BCUT2D eigenvalue weighted by molar-refractivity contribution is -0.123. The molecular formula is C19H22N2O5S. The van der Waals surface area contributed by atoms with E-state index in [0.717, 1.165) is 9.87 Å². The van der Waals surface area contributed by atoms with Gasteiger partial charge in [0.05, 0.1) is 10.5 Å². The number of hydrogen-bond donors (Lipinski definition) is 1. The third-order valence-corrected chi connectivity index (χ3v) is 5.60. The molecule has 0 spiro atoms. The molecule has 27 heavy (non-hydrogen) atoms. The van der Waals surface area contributed by atoms with Crippen LogP contribution in [0.25, 0.3) is 0 Å². The zero-order valence-corrected chi connectivity index (χ0v) is 16.4. The summed E-state index contributed by atoms with van der Waals surface area (Å²) in [5.41, 5.74) is 1.63. The molecule has 0 saturated heterocycles. The summed E-state index contributed by atoms with van der Waals surface area (Å²) in [5, 5.41) is 2.67. The van der Waals surface area contributed by atoms with Crippen molar-refractivity contribution in [3.8, 4) is 0 Å². The molecule has 8 heteroatoms. The monoisotopic (exact) mass is 390 g/mol. The maximum Gasteiger partial charge on any atom is 0.338 e. The summed E-state index contributed by atoms with van der Waals surface area (Å²) in [6, 6.07) is 12.7. The first-order valence-corrected chi connectivity index (χ1v) is 9.66. The molecule has 0 unspecified atom stereocenters. The molecule has 0 bridgehead atoms. The molecule has 144 valence electrons. The number of hydrogen-bond acceptors (Lipinski definition) is 5. The van der Waals surface area contributed by atoms with Crippen molar-refractivity contribution in [3.05, 3.63) is 59.7 Å². The standard InChI is InChI=1S/C19H22N2O5S/c1-13-7-5-9-16(11-13)20-18(22)14(2)26-19(23)15-8-6-10-17(12-15)27(24,25)21(3)4/h5-12,14H,1-4H3,(H,20,22)/t14-/m1/s1. The Hall–Kier alpha value is -2.71. The van der Waals surface area contributed by atoms with Crippen LogP contribution in [-0.4, -0.2) is 44.8 Å². The van der Waals surface area contributed by atoms with Gasteiger partial charge in [-0.2, -0.15) is 0 Å². The number of carbonyl (C=O) groups excluding carboxylic acids is 2. The number of anilines is 1. The van der Waals surface area contributed by atoms with Gasteiger partial charge in [0, 0.05) is 19.8 Å². The summed E-state index contributed by atoms with van der Waals surface area (Å²) in [7, 11) is -0.875. The first-order chi connectivity index (χ1) is 12.6. The Bertz CT molecular complexity index is 954. The molecule has 2 aromatic rings. The van der Waals surface area contributed by atoms with E-state index in [1.165, 1.54) is 45.3 Å². The van der Waals surface area contributed by atoms with Gasteiger partial charge in [0.25, 0.3) is 5.91 Å². The van der Waals surface area contributed by atoms with Gasteiger partial charge in [-0.15, -0.1) is 0 Å². The molecule has 0 fully saturated rings. The number of aryl methyl sites for hydroxylation is 1. The largest absolute Gasteiger partial charge is 0.449 e. The third-order valence-electron chi connectivity index (χ3n) is 3.79. The van der Waals surface area contributed by atoms with Crippen LogP contribution < -0.4 is 5.32 Å². The number of nitrogens with one attached hydrogen (secondary N) is 1. The van der Waals surface area contributed by atoms with Crippen LogP contribution in [0, 0.1) is 6.92 Å². The predicted octanol–water partition coefficient (Wildman–Crippen LogP) is 2.43. The molecule has 2 aromatic carbocycles. The average Bonchev–Trinajstić information content (AvgIpc) is 2.61. The minimum Gasteiger partial charge on any atom is -0.449 e. The van der Waals surface area contributed by atoms with Crippen molar-refractivity contribution in [2.45, 2.75) is 24.8 Å². The molecule has 0 aliphatic heterocycles. The number of amides is 1. The Morgan fingerprint density at radius 3 is 2.37 bits per heavy atom. The second kappa shape index (κ2) is 8.32. The van der Waals surface area contributed by atoms with Gasteiger partial charge in [0.15, 0.2) is 6.10 Å². The SMILES string of the molecule is Cc1cccc(NC(=O)[C@@H](C)OC(=O)c2cccc(S(=O)(=O)N(C)C)c2)c1. The van der Waals surface area contributed by atoms with Crippen LogP contribution in [0.2, 0.25) is 0 Å². The highest BCUT2D eigenvalue weighted by molar-refractivity contribution is 7.89. The van der Waals surface area contributed by atoms with Gasteiger partial charge in [0.2, 0.25) is 10.0 Å². The molecule has 0 radical (unpaired) electrons. The molecule has 0 aliphatic carbocycles. The number of nitrogens with zero attached hydrogens (tertiary/aromatic N) is 1. The first kappa shape index (κ1) is 20.6. The topological polar surface area (TPSA) is 92.8 Å². The van der Waals surface area contributed by atoms with Gasteiger partial charge < -0.3 is 10.1 Å². The lowest BCUT2D eigenvalue weighted by atomic mass is 10.2. The number of esters is 1. The van der Waals surface area contributed by atoms with Gasteiger partial charge >= 0.3 is 5.97 Å². The van der Waals surface area contributed by atoms with Crippen LogP contribution in [0.5, 0.6) is 0 Å². The quantitative estimate of drug-likeness (QED) is 0.765. The van der Waals surface area contributed by atoms with Crippen molar-refractivity contribution < 1.29 is 22.7 Å². The van der Waals surface area contributed by atoms with Crippen molar-refractivity contribution in [2.24, 2.45) is 0 Å². The highest BCUT2D eigenvalue weighted by atomic mass is 32.2. The van der Waals surface area contributed by atoms with E-state index in [1.807, 2.05) is 13.0 Å². The van der Waals surface area contributed by atoms with Crippen molar-refractivity contribution in [1.29, 1.82) is 0 Å². The molecule has 7 nitrogen and oxygen atoms in total. The number of ether oxygens (including phenoxy) is 1. The third kappa shape index (κ3) is 5.15. The molecule has 2 rings (SSSR count). The minimum absolute atomic E-state index is 0.0289. The predicted molar refractivity (Wildman–Crippen MR) is 102 cm³/mol. The fourth-order valence-corrected chi connectivity index (χ4v) is 3.19. The second-order valence-electron chi connectivity index (χ2n) is 6.22. The highest BCUT2D eigenvalue weighted by Crippen LogP contribution is 2.16. The zero-order valence-electron chi connectivity index (χ0n) is 15.6.